The molecule has 7 nitrogen and oxygen atoms in total. The van der Waals surface area contributed by atoms with Gasteiger partial charge in [0.2, 0.25) is 10.0 Å². The minimum Gasteiger partial charge on any atom is -0.497 e. The highest BCUT2D eigenvalue weighted by atomic mass is 32.2. The van der Waals surface area contributed by atoms with Crippen molar-refractivity contribution in [2.75, 3.05) is 7.11 Å². The number of ether oxygens (including phenoxy) is 1. The van der Waals surface area contributed by atoms with Crippen molar-refractivity contribution in [1.82, 2.24) is 4.72 Å². The van der Waals surface area contributed by atoms with Crippen LogP contribution in [0.3, 0.4) is 0 Å². The molecule has 142 valence electrons. The predicted molar refractivity (Wildman–Crippen MR) is 99.4 cm³/mol. The maximum Gasteiger partial charge on any atom is 0.343 e. The van der Waals surface area contributed by atoms with Crippen molar-refractivity contribution in [3.63, 3.8) is 0 Å². The molecule has 0 heterocycles. The van der Waals surface area contributed by atoms with E-state index in [1.807, 2.05) is 12.1 Å². The Bertz CT molecular complexity index is 888. The first-order valence-electron chi connectivity index (χ1n) is 7.86. The van der Waals surface area contributed by atoms with E-state index in [4.69, 9.17) is 4.74 Å². The lowest BCUT2D eigenvalue weighted by Gasteiger charge is -2.23. The molecule has 2 aromatic carbocycles. The molecular weight excluding hydrogens is 377 g/mol. The van der Waals surface area contributed by atoms with E-state index in [0.717, 1.165) is 11.1 Å². The van der Waals surface area contributed by atoms with Crippen molar-refractivity contribution in [2.24, 2.45) is 5.92 Å². The number of sulfonamides is 1. The maximum atomic E-state index is 12.5. The van der Waals surface area contributed by atoms with Crippen LogP contribution in [0.25, 0.3) is 11.1 Å². The van der Waals surface area contributed by atoms with Crippen LogP contribution in [0.2, 0.25) is 0 Å². The van der Waals surface area contributed by atoms with Gasteiger partial charge in [0.25, 0.3) is 0 Å². The van der Waals surface area contributed by atoms with Gasteiger partial charge in [0.05, 0.1) is 12.0 Å². The molecule has 1 atom stereocenters. The summed E-state index contributed by atoms with van der Waals surface area (Å²) in [7, 11) is -7.10. The fraction of sp³-hybridized carbons (Fsp3) is 0.294. The second-order valence-corrected chi connectivity index (χ2v) is 9.60. The Hall–Kier alpha value is -1.70. The number of nitrogens with one attached hydrogen (secondary N) is 1. The van der Waals surface area contributed by atoms with Crippen molar-refractivity contribution in [2.45, 2.75) is 24.5 Å². The Morgan fingerprint density at radius 1 is 0.962 bits per heavy atom. The van der Waals surface area contributed by atoms with E-state index in [-0.39, 0.29) is 4.90 Å². The normalized spacial score (nSPS) is 13.6. The molecule has 2 aromatic rings. The van der Waals surface area contributed by atoms with Crippen molar-refractivity contribution in [1.29, 1.82) is 0 Å². The third-order valence-corrected chi connectivity index (χ3v) is 6.94. The lowest BCUT2D eigenvalue weighted by atomic mass is 10.1. The van der Waals surface area contributed by atoms with Crippen LogP contribution < -0.4 is 9.46 Å². The molecule has 3 N–H and O–H groups in total. The smallest absolute Gasteiger partial charge is 0.343 e. The second kappa shape index (κ2) is 7.90. The molecule has 0 radical (unpaired) electrons. The van der Waals surface area contributed by atoms with Crippen molar-refractivity contribution < 1.29 is 27.5 Å². The Balaban J connectivity index is 2.26. The monoisotopic (exact) mass is 399 g/mol. The molecular formula is C17H22NO6PS. The molecule has 0 spiro atoms. The molecule has 2 rings (SSSR count). The van der Waals surface area contributed by atoms with Gasteiger partial charge < -0.3 is 14.5 Å². The highest BCUT2D eigenvalue weighted by Gasteiger charge is 2.35. The zero-order valence-corrected chi connectivity index (χ0v) is 16.4. The molecule has 0 fully saturated rings. The van der Waals surface area contributed by atoms with Crippen LogP contribution >= 0.6 is 7.60 Å². The summed E-state index contributed by atoms with van der Waals surface area (Å²) in [5, 5.41) is 0. The molecule has 0 bridgehead atoms. The highest BCUT2D eigenvalue weighted by molar-refractivity contribution is 7.89. The molecule has 0 aromatic heterocycles. The second-order valence-electron chi connectivity index (χ2n) is 6.15. The van der Waals surface area contributed by atoms with Gasteiger partial charge in [-0.05, 0) is 41.3 Å². The zero-order chi connectivity index (χ0) is 19.5. The van der Waals surface area contributed by atoms with Gasteiger partial charge in [-0.15, -0.1) is 0 Å². The maximum absolute atomic E-state index is 12.5. The Labute approximate surface area is 153 Å². The molecule has 0 saturated heterocycles. The number of rotatable bonds is 7. The van der Waals surface area contributed by atoms with E-state index in [9.17, 15) is 22.8 Å². The lowest BCUT2D eigenvalue weighted by molar-refractivity contribution is 0.336. The van der Waals surface area contributed by atoms with Gasteiger partial charge in [0.15, 0.2) is 0 Å². The van der Waals surface area contributed by atoms with E-state index in [0.29, 0.717) is 5.75 Å². The number of hydrogen-bond acceptors (Lipinski definition) is 4. The summed E-state index contributed by atoms with van der Waals surface area (Å²) in [6.45, 7) is 3.08. The number of methoxy groups -OCH3 is 1. The van der Waals surface area contributed by atoms with Gasteiger partial charge in [0, 0.05) is 0 Å². The van der Waals surface area contributed by atoms with Crippen LogP contribution in [0.5, 0.6) is 5.75 Å². The SMILES string of the molecule is COc1ccc(-c2ccc(S(=O)(=O)N[C@H](C(C)C)P(=O)(O)O)cc2)cc1. The van der Waals surface area contributed by atoms with Crippen LogP contribution in [-0.4, -0.2) is 31.1 Å². The largest absolute Gasteiger partial charge is 0.497 e. The molecule has 0 saturated carbocycles. The van der Waals surface area contributed by atoms with Crippen molar-refractivity contribution in [3.05, 3.63) is 48.5 Å². The minimum atomic E-state index is -4.62. The molecule has 0 unspecified atom stereocenters. The topological polar surface area (TPSA) is 113 Å². The van der Waals surface area contributed by atoms with Crippen LogP contribution in [0.1, 0.15) is 13.8 Å². The molecule has 0 amide bonds. The first kappa shape index (κ1) is 20.6. The highest BCUT2D eigenvalue weighted by Crippen LogP contribution is 2.43. The van der Waals surface area contributed by atoms with Crippen LogP contribution in [0, 0.1) is 5.92 Å². The summed E-state index contributed by atoms with van der Waals surface area (Å²) in [6, 6.07) is 13.4. The van der Waals surface area contributed by atoms with Crippen molar-refractivity contribution >= 4 is 17.6 Å². The summed E-state index contributed by atoms with van der Waals surface area (Å²) in [5.41, 5.74) is 1.69. The van der Waals surface area contributed by atoms with Crippen LogP contribution in [0.15, 0.2) is 53.4 Å². The van der Waals surface area contributed by atoms with Crippen LogP contribution in [-0.2, 0) is 14.6 Å². The molecule has 0 aliphatic heterocycles. The fourth-order valence-corrected chi connectivity index (χ4v) is 5.39. The fourth-order valence-electron chi connectivity index (χ4n) is 2.43. The third kappa shape index (κ3) is 4.93. The Morgan fingerprint density at radius 2 is 1.42 bits per heavy atom. The van der Waals surface area contributed by atoms with E-state index < -0.39 is 29.3 Å². The molecule has 0 aliphatic carbocycles. The summed E-state index contributed by atoms with van der Waals surface area (Å²) in [5.74, 6) is -1.33. The quantitative estimate of drug-likeness (QED) is 0.617. The van der Waals surface area contributed by atoms with Gasteiger partial charge in [-0.25, -0.2) is 8.42 Å². The standard InChI is InChI=1S/C17H22NO6PS/c1-12(2)17(25(19,20)21)18-26(22,23)16-10-6-14(7-11-16)13-4-8-15(24-3)9-5-13/h4-12,17-18H,1-3H3,(H2,19,20,21)/t17-/m0/s1. The summed E-state index contributed by atoms with van der Waals surface area (Å²) in [4.78, 5) is 18.7. The molecule has 0 aliphatic rings. The number of hydrogen-bond donors (Lipinski definition) is 3. The van der Waals surface area contributed by atoms with Gasteiger partial charge in [0.1, 0.15) is 11.5 Å². The average Bonchev–Trinajstić information content (AvgIpc) is 2.59. The van der Waals surface area contributed by atoms with Crippen molar-refractivity contribution in [3.8, 4) is 16.9 Å². The van der Waals surface area contributed by atoms with E-state index in [1.54, 1.807) is 45.2 Å². The van der Waals surface area contributed by atoms with Gasteiger partial charge in [-0.1, -0.05) is 38.1 Å². The van der Waals surface area contributed by atoms with Gasteiger partial charge in [-0.2, -0.15) is 4.72 Å². The van der Waals surface area contributed by atoms with E-state index in [2.05, 4.69) is 4.72 Å². The minimum absolute atomic E-state index is 0.0612. The Kier molecular flexibility index (Phi) is 6.26. The lowest BCUT2D eigenvalue weighted by Crippen LogP contribution is -2.38. The predicted octanol–water partition coefficient (Wildman–Crippen LogP) is 2.80. The first-order chi connectivity index (χ1) is 12.0. The number of benzene rings is 2. The van der Waals surface area contributed by atoms with E-state index in [1.165, 1.54) is 12.1 Å². The van der Waals surface area contributed by atoms with E-state index >= 15 is 0 Å². The average molecular weight is 399 g/mol. The molecule has 26 heavy (non-hydrogen) atoms. The van der Waals surface area contributed by atoms with Gasteiger partial charge >= 0.3 is 7.60 Å². The first-order valence-corrected chi connectivity index (χ1v) is 11.0. The summed E-state index contributed by atoms with van der Waals surface area (Å²) >= 11 is 0. The van der Waals surface area contributed by atoms with Crippen LogP contribution in [0.4, 0.5) is 0 Å². The summed E-state index contributed by atoms with van der Waals surface area (Å²) < 4.78 is 43.7. The third-order valence-electron chi connectivity index (χ3n) is 3.86. The van der Waals surface area contributed by atoms with Gasteiger partial charge in [-0.3, -0.25) is 4.57 Å². The summed E-state index contributed by atoms with van der Waals surface area (Å²) in [6.07, 6.45) is 0. The zero-order valence-electron chi connectivity index (χ0n) is 14.7. The molecule has 9 heteroatoms. The Morgan fingerprint density at radius 3 is 1.81 bits per heavy atom.